The van der Waals surface area contributed by atoms with E-state index in [0.717, 1.165) is 17.3 Å². The van der Waals surface area contributed by atoms with Gasteiger partial charge in [-0.2, -0.15) is 0 Å². The van der Waals surface area contributed by atoms with Crippen molar-refractivity contribution in [2.24, 2.45) is 23.7 Å². The Bertz CT molecular complexity index is 1390. The van der Waals surface area contributed by atoms with Crippen molar-refractivity contribution in [1.82, 2.24) is 0 Å². The third-order valence-electron chi connectivity index (χ3n) is 8.11. The fourth-order valence-electron chi connectivity index (χ4n) is 6.48. The number of hydrogen-bond acceptors (Lipinski definition) is 5. The molecule has 3 aromatic carbocycles. The SMILES string of the molecule is O=C(COC(=O)c1ccc(N2C(=O)[C@@H]3[C@@H]4C[C@H]([C@H]3C2=O)[C@H](c2ccccc2)C4)cc1)c1ccc(Br)cc1. The number of ketones is 1. The molecule has 7 heteroatoms. The molecule has 3 fully saturated rings. The molecule has 1 heterocycles. The molecule has 0 unspecified atom stereocenters. The number of carbonyl (C=O) groups excluding carboxylic acids is 4. The summed E-state index contributed by atoms with van der Waals surface area (Å²) in [5, 5.41) is 0. The van der Waals surface area contributed by atoms with Crippen molar-refractivity contribution in [2.45, 2.75) is 18.8 Å². The van der Waals surface area contributed by atoms with Crippen molar-refractivity contribution in [3.05, 3.63) is 100 Å². The summed E-state index contributed by atoms with van der Waals surface area (Å²) in [5.74, 6) is -1.06. The van der Waals surface area contributed by atoms with Gasteiger partial charge in [0, 0.05) is 10.0 Å². The lowest BCUT2D eigenvalue weighted by Gasteiger charge is -2.28. The number of halogens is 1. The van der Waals surface area contributed by atoms with Gasteiger partial charge in [0.15, 0.2) is 12.4 Å². The summed E-state index contributed by atoms with van der Waals surface area (Å²) in [6, 6.07) is 23.3. The lowest BCUT2D eigenvalue weighted by molar-refractivity contribution is -0.123. The van der Waals surface area contributed by atoms with Gasteiger partial charge in [0.2, 0.25) is 11.8 Å². The van der Waals surface area contributed by atoms with Gasteiger partial charge < -0.3 is 4.74 Å². The molecule has 3 aromatic rings. The molecule has 37 heavy (non-hydrogen) atoms. The monoisotopic (exact) mass is 557 g/mol. The summed E-state index contributed by atoms with van der Waals surface area (Å²) in [6.45, 7) is -0.375. The third kappa shape index (κ3) is 4.11. The first kappa shape index (κ1) is 23.8. The highest BCUT2D eigenvalue weighted by Gasteiger charge is 2.64. The van der Waals surface area contributed by atoms with Crippen molar-refractivity contribution in [1.29, 1.82) is 0 Å². The molecule has 2 amide bonds. The van der Waals surface area contributed by atoms with E-state index in [2.05, 4.69) is 28.1 Å². The first-order chi connectivity index (χ1) is 17.9. The summed E-state index contributed by atoms with van der Waals surface area (Å²) >= 11 is 3.32. The first-order valence-corrected chi connectivity index (χ1v) is 13.2. The zero-order valence-electron chi connectivity index (χ0n) is 19.9. The summed E-state index contributed by atoms with van der Waals surface area (Å²) in [7, 11) is 0. The second-order valence-electron chi connectivity index (χ2n) is 10.0. The van der Waals surface area contributed by atoms with Crippen LogP contribution in [0, 0.1) is 23.7 Å². The number of ether oxygens (including phenoxy) is 1. The van der Waals surface area contributed by atoms with Crippen LogP contribution in [-0.2, 0) is 14.3 Å². The molecule has 5 atom stereocenters. The molecule has 0 N–H and O–H groups in total. The number of imide groups is 1. The zero-order chi connectivity index (χ0) is 25.7. The molecular formula is C30H24BrNO5. The van der Waals surface area contributed by atoms with E-state index in [9.17, 15) is 19.2 Å². The van der Waals surface area contributed by atoms with Crippen molar-refractivity contribution in [3.8, 4) is 0 Å². The van der Waals surface area contributed by atoms with E-state index >= 15 is 0 Å². The lowest BCUT2D eigenvalue weighted by atomic mass is 9.73. The maximum absolute atomic E-state index is 13.5. The number of amides is 2. The number of rotatable bonds is 6. The fraction of sp³-hybridized carbons (Fsp3) is 0.267. The maximum atomic E-state index is 13.5. The van der Waals surface area contributed by atoms with E-state index in [4.69, 9.17) is 4.74 Å². The van der Waals surface area contributed by atoms with Crippen LogP contribution in [0.2, 0.25) is 0 Å². The topological polar surface area (TPSA) is 80.8 Å². The van der Waals surface area contributed by atoms with E-state index in [1.807, 2.05) is 18.2 Å². The van der Waals surface area contributed by atoms with Gasteiger partial charge in [-0.25, -0.2) is 4.79 Å². The van der Waals surface area contributed by atoms with Crippen LogP contribution < -0.4 is 4.90 Å². The van der Waals surface area contributed by atoms with Crippen LogP contribution in [-0.4, -0.2) is 30.2 Å². The first-order valence-electron chi connectivity index (χ1n) is 12.4. The highest BCUT2D eigenvalue weighted by molar-refractivity contribution is 9.10. The van der Waals surface area contributed by atoms with Gasteiger partial charge in [-0.05, 0) is 72.6 Å². The summed E-state index contributed by atoms with van der Waals surface area (Å²) in [5.41, 5.74) is 2.40. The molecule has 2 saturated carbocycles. The molecule has 0 radical (unpaired) electrons. The molecule has 6 nitrogen and oxygen atoms in total. The van der Waals surface area contributed by atoms with Crippen molar-refractivity contribution in [3.63, 3.8) is 0 Å². The lowest BCUT2D eigenvalue weighted by Crippen LogP contribution is -2.33. The number of fused-ring (bicyclic) bond motifs is 5. The van der Waals surface area contributed by atoms with E-state index in [0.29, 0.717) is 17.2 Å². The van der Waals surface area contributed by atoms with E-state index in [1.165, 1.54) is 22.6 Å². The molecule has 186 valence electrons. The molecule has 0 aromatic heterocycles. The van der Waals surface area contributed by atoms with Gasteiger partial charge in [-0.15, -0.1) is 0 Å². The average molecular weight is 558 g/mol. The van der Waals surface area contributed by atoms with Crippen LogP contribution in [0.5, 0.6) is 0 Å². The highest BCUT2D eigenvalue weighted by Crippen LogP contribution is 2.61. The van der Waals surface area contributed by atoms with E-state index in [-0.39, 0.29) is 53.4 Å². The Morgan fingerprint density at radius 2 is 1.46 bits per heavy atom. The Balaban J connectivity index is 1.13. The molecule has 0 spiro atoms. The van der Waals surface area contributed by atoms with Crippen LogP contribution in [0.4, 0.5) is 5.69 Å². The van der Waals surface area contributed by atoms with Gasteiger partial charge in [-0.3, -0.25) is 19.3 Å². The average Bonchev–Trinajstić information content (AvgIpc) is 3.59. The number of esters is 1. The predicted molar refractivity (Wildman–Crippen MR) is 140 cm³/mol. The number of hydrogen-bond donors (Lipinski definition) is 0. The number of benzene rings is 3. The molecule has 3 aliphatic rings. The largest absolute Gasteiger partial charge is 0.454 e. The Morgan fingerprint density at radius 1 is 0.811 bits per heavy atom. The Hall–Kier alpha value is -3.58. The Labute approximate surface area is 222 Å². The standard InChI is InChI=1S/C30H24BrNO5/c31-21-10-6-18(7-11-21)25(33)16-37-30(36)19-8-12-22(13-9-19)32-28(34)26-20-14-23(17-4-2-1-3-5-17)24(15-20)27(26)29(32)35/h1-13,20,23-24,26-27H,14-16H2/t20-,23-,24-,26+,27+/m0/s1. The van der Waals surface area contributed by atoms with Gasteiger partial charge in [0.05, 0.1) is 23.1 Å². The molecule has 6 rings (SSSR count). The predicted octanol–water partition coefficient (Wildman–Crippen LogP) is 5.42. The minimum absolute atomic E-state index is 0.135. The minimum Gasteiger partial charge on any atom is -0.454 e. The molecular weight excluding hydrogens is 534 g/mol. The summed E-state index contributed by atoms with van der Waals surface area (Å²) in [6.07, 6.45) is 1.86. The van der Waals surface area contributed by atoms with Crippen LogP contribution in [0.15, 0.2) is 83.3 Å². The van der Waals surface area contributed by atoms with Crippen LogP contribution in [0.25, 0.3) is 0 Å². The maximum Gasteiger partial charge on any atom is 0.338 e. The highest BCUT2D eigenvalue weighted by atomic mass is 79.9. The Morgan fingerprint density at radius 3 is 2.16 bits per heavy atom. The zero-order valence-corrected chi connectivity index (χ0v) is 21.5. The van der Waals surface area contributed by atoms with Crippen molar-refractivity contribution >= 4 is 45.2 Å². The smallest absolute Gasteiger partial charge is 0.338 e. The van der Waals surface area contributed by atoms with Gasteiger partial charge >= 0.3 is 5.97 Å². The van der Waals surface area contributed by atoms with Crippen molar-refractivity contribution < 1.29 is 23.9 Å². The summed E-state index contributed by atoms with van der Waals surface area (Å²) in [4.78, 5) is 52.9. The second kappa shape index (κ2) is 9.38. The molecule has 1 saturated heterocycles. The quantitative estimate of drug-likeness (QED) is 0.230. The Kier molecular flexibility index (Phi) is 6.03. The fourth-order valence-corrected chi connectivity index (χ4v) is 6.74. The molecule has 2 aliphatic carbocycles. The van der Waals surface area contributed by atoms with E-state index < -0.39 is 5.97 Å². The van der Waals surface area contributed by atoms with Crippen LogP contribution in [0.3, 0.4) is 0 Å². The number of Topliss-reactive ketones (excluding diaryl/α,β-unsaturated/α-hetero) is 1. The molecule has 2 bridgehead atoms. The number of carbonyl (C=O) groups is 4. The number of anilines is 1. The van der Waals surface area contributed by atoms with Gasteiger partial charge in [-0.1, -0.05) is 58.4 Å². The van der Waals surface area contributed by atoms with Crippen LogP contribution >= 0.6 is 15.9 Å². The van der Waals surface area contributed by atoms with Gasteiger partial charge in [0.1, 0.15) is 0 Å². The number of nitrogens with zero attached hydrogens (tertiary/aromatic N) is 1. The summed E-state index contributed by atoms with van der Waals surface area (Å²) < 4.78 is 6.04. The molecule has 1 aliphatic heterocycles. The minimum atomic E-state index is -0.642. The van der Waals surface area contributed by atoms with Crippen LogP contribution in [0.1, 0.15) is 45.0 Å². The van der Waals surface area contributed by atoms with Gasteiger partial charge in [0.25, 0.3) is 0 Å². The third-order valence-corrected chi connectivity index (χ3v) is 8.63. The normalized spacial score (nSPS) is 25.9. The van der Waals surface area contributed by atoms with Crippen molar-refractivity contribution in [2.75, 3.05) is 11.5 Å². The second-order valence-corrected chi connectivity index (χ2v) is 10.9. The van der Waals surface area contributed by atoms with E-state index in [1.54, 1.807) is 36.4 Å².